The van der Waals surface area contributed by atoms with E-state index in [9.17, 15) is 9.00 Å². The number of carbonyl (C=O) groups is 1. The Morgan fingerprint density at radius 2 is 1.74 bits per heavy atom. The number of carboxylic acids is 1. The van der Waals surface area contributed by atoms with Gasteiger partial charge >= 0.3 is 5.97 Å². The first-order chi connectivity index (χ1) is 16.3. The third-order valence-electron chi connectivity index (χ3n) is 5.67. The van der Waals surface area contributed by atoms with E-state index >= 15 is 0 Å². The van der Waals surface area contributed by atoms with Crippen LogP contribution in [0.5, 0.6) is 0 Å². The number of rotatable bonds is 11. The quantitative estimate of drug-likeness (QED) is 0.322. The minimum absolute atomic E-state index is 0.0888. The standard InChI is InChI=1S/C28H30ClNO3S/c1-20-6-7-23(16-21(20)2)17-25(24-4-3-5-26(29)18-24)13-15-34(33)27-10-8-22(9-11-27)19-30-14-12-28(31)32/h3-11,13,16,18,30H,12,14-15,17,19H2,1-2H3,(H,31,32)/b25-13-. The van der Waals surface area contributed by atoms with Gasteiger partial charge in [-0.25, -0.2) is 0 Å². The molecule has 0 aliphatic rings. The lowest BCUT2D eigenvalue weighted by molar-refractivity contribution is -0.136. The molecule has 1 unspecified atom stereocenters. The molecule has 0 saturated carbocycles. The summed E-state index contributed by atoms with van der Waals surface area (Å²) in [7, 11) is -1.18. The van der Waals surface area contributed by atoms with Gasteiger partial charge < -0.3 is 10.4 Å². The Labute approximate surface area is 209 Å². The van der Waals surface area contributed by atoms with E-state index in [4.69, 9.17) is 16.7 Å². The van der Waals surface area contributed by atoms with Gasteiger partial charge in [0.25, 0.3) is 0 Å². The van der Waals surface area contributed by atoms with E-state index in [-0.39, 0.29) is 6.42 Å². The van der Waals surface area contributed by atoms with Gasteiger partial charge in [0.15, 0.2) is 0 Å². The zero-order chi connectivity index (χ0) is 24.5. The van der Waals surface area contributed by atoms with Crippen LogP contribution in [0.2, 0.25) is 5.02 Å². The number of nitrogens with one attached hydrogen (secondary N) is 1. The average Bonchev–Trinajstić information content (AvgIpc) is 2.82. The molecule has 178 valence electrons. The molecule has 6 heteroatoms. The third kappa shape index (κ3) is 7.94. The number of halogens is 1. The van der Waals surface area contributed by atoms with Gasteiger partial charge in [0.2, 0.25) is 0 Å². The summed E-state index contributed by atoms with van der Waals surface area (Å²) in [5.41, 5.74) is 6.88. The zero-order valence-electron chi connectivity index (χ0n) is 19.5. The van der Waals surface area contributed by atoms with Crippen molar-refractivity contribution in [3.8, 4) is 0 Å². The Balaban J connectivity index is 1.71. The van der Waals surface area contributed by atoms with Crippen LogP contribution in [0.1, 0.15) is 34.2 Å². The molecular weight excluding hydrogens is 466 g/mol. The summed E-state index contributed by atoms with van der Waals surface area (Å²) in [6.07, 6.45) is 2.88. The Bertz CT molecular complexity index is 1190. The smallest absolute Gasteiger partial charge is 0.304 e. The molecule has 0 aliphatic heterocycles. The lowest BCUT2D eigenvalue weighted by Gasteiger charge is -2.11. The van der Waals surface area contributed by atoms with Crippen LogP contribution in [0.25, 0.3) is 5.57 Å². The van der Waals surface area contributed by atoms with Crippen LogP contribution in [-0.4, -0.2) is 27.6 Å². The van der Waals surface area contributed by atoms with Gasteiger partial charge in [0.1, 0.15) is 0 Å². The van der Waals surface area contributed by atoms with Gasteiger partial charge in [0.05, 0.1) is 17.2 Å². The Morgan fingerprint density at radius 3 is 2.41 bits per heavy atom. The minimum Gasteiger partial charge on any atom is -0.481 e. The maximum Gasteiger partial charge on any atom is 0.304 e. The van der Waals surface area contributed by atoms with Gasteiger partial charge in [-0.1, -0.05) is 60.1 Å². The maximum absolute atomic E-state index is 13.0. The highest BCUT2D eigenvalue weighted by Gasteiger charge is 2.09. The Morgan fingerprint density at radius 1 is 1.00 bits per heavy atom. The van der Waals surface area contributed by atoms with Crippen LogP contribution in [0.3, 0.4) is 0 Å². The molecule has 34 heavy (non-hydrogen) atoms. The normalized spacial score (nSPS) is 12.5. The van der Waals surface area contributed by atoms with Crippen molar-refractivity contribution in [2.45, 2.75) is 38.1 Å². The van der Waals surface area contributed by atoms with Crippen LogP contribution in [-0.2, 0) is 28.6 Å². The molecule has 0 spiro atoms. The molecule has 0 bridgehead atoms. The fourth-order valence-corrected chi connectivity index (χ4v) is 4.75. The van der Waals surface area contributed by atoms with Crippen LogP contribution in [0.4, 0.5) is 0 Å². The van der Waals surface area contributed by atoms with E-state index in [1.54, 1.807) is 0 Å². The van der Waals surface area contributed by atoms with Crippen LogP contribution >= 0.6 is 11.6 Å². The van der Waals surface area contributed by atoms with Gasteiger partial charge in [-0.2, -0.15) is 0 Å². The van der Waals surface area contributed by atoms with E-state index in [2.05, 4.69) is 43.4 Å². The highest BCUT2D eigenvalue weighted by atomic mass is 35.5. The molecule has 0 aliphatic carbocycles. The van der Waals surface area contributed by atoms with Crippen molar-refractivity contribution in [2.75, 3.05) is 12.3 Å². The highest BCUT2D eigenvalue weighted by molar-refractivity contribution is 7.85. The Hall–Kier alpha value is -2.73. The Kier molecular flexibility index (Phi) is 9.63. The molecule has 2 N–H and O–H groups in total. The van der Waals surface area contributed by atoms with Gasteiger partial charge in [-0.15, -0.1) is 0 Å². The van der Waals surface area contributed by atoms with E-state index in [1.807, 2.05) is 48.5 Å². The second-order valence-electron chi connectivity index (χ2n) is 8.31. The molecule has 0 saturated heterocycles. The second kappa shape index (κ2) is 12.7. The SMILES string of the molecule is Cc1ccc(C/C(=C/CS(=O)c2ccc(CNCCC(=O)O)cc2)c2cccc(Cl)c2)cc1C. The molecule has 3 rings (SSSR count). The van der Waals surface area contributed by atoms with Gasteiger partial charge in [-0.3, -0.25) is 9.00 Å². The van der Waals surface area contributed by atoms with Crippen molar-refractivity contribution >= 4 is 33.9 Å². The lowest BCUT2D eigenvalue weighted by atomic mass is 9.96. The molecule has 3 aromatic rings. The van der Waals surface area contributed by atoms with E-state index < -0.39 is 16.8 Å². The summed E-state index contributed by atoms with van der Waals surface area (Å²) in [4.78, 5) is 11.4. The maximum atomic E-state index is 13.0. The summed E-state index contributed by atoms with van der Waals surface area (Å²) in [6, 6.07) is 21.9. The van der Waals surface area contributed by atoms with E-state index in [1.165, 1.54) is 16.7 Å². The molecule has 0 heterocycles. The number of aryl methyl sites for hydroxylation is 2. The molecule has 0 amide bonds. The van der Waals surface area contributed by atoms with Crippen LogP contribution in [0, 0.1) is 13.8 Å². The highest BCUT2D eigenvalue weighted by Crippen LogP contribution is 2.24. The van der Waals surface area contributed by atoms with Crippen molar-refractivity contribution in [3.63, 3.8) is 0 Å². The number of allylic oxidation sites excluding steroid dienone is 1. The summed E-state index contributed by atoms with van der Waals surface area (Å²) in [5.74, 6) is -0.413. The first-order valence-electron chi connectivity index (χ1n) is 11.2. The minimum atomic E-state index is -1.18. The van der Waals surface area contributed by atoms with E-state index in [0.29, 0.717) is 23.9 Å². The summed E-state index contributed by atoms with van der Waals surface area (Å²) >= 11 is 6.25. The number of carboxylic acid groups (broad SMARTS) is 1. The first-order valence-corrected chi connectivity index (χ1v) is 12.9. The molecule has 3 aromatic carbocycles. The summed E-state index contributed by atoms with van der Waals surface area (Å²) in [5, 5.41) is 12.5. The average molecular weight is 496 g/mol. The third-order valence-corrected chi connectivity index (χ3v) is 7.18. The van der Waals surface area contributed by atoms with Crippen molar-refractivity contribution in [2.24, 2.45) is 0 Å². The lowest BCUT2D eigenvalue weighted by Crippen LogP contribution is -2.17. The number of hydrogen-bond acceptors (Lipinski definition) is 3. The fraction of sp³-hybridized carbons (Fsp3) is 0.250. The predicted molar refractivity (Wildman–Crippen MR) is 141 cm³/mol. The summed E-state index contributed by atoms with van der Waals surface area (Å²) in [6.45, 7) is 5.21. The van der Waals surface area contributed by atoms with Crippen molar-refractivity contribution in [1.82, 2.24) is 5.32 Å². The van der Waals surface area contributed by atoms with Gasteiger partial charge in [-0.05, 0) is 77.9 Å². The monoisotopic (exact) mass is 495 g/mol. The molecule has 0 fully saturated rings. The van der Waals surface area contributed by atoms with Crippen molar-refractivity contribution in [1.29, 1.82) is 0 Å². The largest absolute Gasteiger partial charge is 0.481 e. The van der Waals surface area contributed by atoms with Crippen molar-refractivity contribution in [3.05, 3.63) is 106 Å². The molecule has 1 atom stereocenters. The molecule has 0 aromatic heterocycles. The van der Waals surface area contributed by atoms with Crippen LogP contribution < -0.4 is 5.32 Å². The van der Waals surface area contributed by atoms with Crippen molar-refractivity contribution < 1.29 is 14.1 Å². The van der Waals surface area contributed by atoms with E-state index in [0.717, 1.165) is 28.0 Å². The molecule has 0 radical (unpaired) electrons. The van der Waals surface area contributed by atoms with Gasteiger partial charge in [0, 0.05) is 28.8 Å². The number of aliphatic carboxylic acids is 1. The topological polar surface area (TPSA) is 66.4 Å². The fourth-order valence-electron chi connectivity index (χ4n) is 3.57. The molecular formula is C28H30ClNO3S. The zero-order valence-corrected chi connectivity index (χ0v) is 21.1. The number of hydrogen-bond donors (Lipinski definition) is 2. The van der Waals surface area contributed by atoms with Crippen LogP contribution in [0.15, 0.2) is 77.7 Å². The second-order valence-corrected chi connectivity index (χ2v) is 10.2. The predicted octanol–water partition coefficient (Wildman–Crippen LogP) is 5.96. The first kappa shape index (κ1) is 25.9. The molecule has 4 nitrogen and oxygen atoms in total. The summed E-state index contributed by atoms with van der Waals surface area (Å²) < 4.78 is 13.0. The number of benzene rings is 3.